The Balaban J connectivity index is 1.96. The molecule has 0 atom stereocenters. The van der Waals surface area contributed by atoms with Crippen LogP contribution >= 0.6 is 11.3 Å². The number of nitrogens with one attached hydrogen (secondary N) is 1. The molecule has 2 heterocycles. The molecule has 1 N–H and O–H groups in total. The Morgan fingerprint density at radius 3 is 2.90 bits per heavy atom. The van der Waals surface area contributed by atoms with Crippen LogP contribution in [0.4, 0.5) is 0 Å². The van der Waals surface area contributed by atoms with Crippen molar-refractivity contribution in [2.75, 3.05) is 6.54 Å². The minimum absolute atomic E-state index is 0.902. The van der Waals surface area contributed by atoms with Gasteiger partial charge in [0.1, 0.15) is 5.82 Å². The second kappa shape index (κ2) is 6.41. The van der Waals surface area contributed by atoms with Crippen molar-refractivity contribution in [2.24, 2.45) is 0 Å². The molecule has 3 rings (SSSR count). The monoisotopic (exact) mass is 299 g/mol. The zero-order valence-corrected chi connectivity index (χ0v) is 13.4. The molecule has 0 aliphatic carbocycles. The Kier molecular flexibility index (Phi) is 4.36. The normalized spacial score (nSPS) is 11.3. The van der Waals surface area contributed by atoms with Gasteiger partial charge in [-0.1, -0.05) is 25.1 Å². The third kappa shape index (κ3) is 3.01. The number of aryl methyl sites for hydroxylation is 1. The second-order valence-corrected chi connectivity index (χ2v) is 6.42. The van der Waals surface area contributed by atoms with Crippen LogP contribution in [0.5, 0.6) is 0 Å². The van der Waals surface area contributed by atoms with Crippen LogP contribution in [-0.4, -0.2) is 16.1 Å². The van der Waals surface area contributed by atoms with Gasteiger partial charge in [0.05, 0.1) is 6.54 Å². The summed E-state index contributed by atoms with van der Waals surface area (Å²) in [5, 5.41) is 4.91. The van der Waals surface area contributed by atoms with Crippen LogP contribution in [0.3, 0.4) is 0 Å². The Labute approximate surface area is 129 Å². The first kappa shape index (κ1) is 14.3. The maximum absolute atomic E-state index is 4.33. The molecule has 0 radical (unpaired) electrons. The Bertz CT molecular complexity index is 727. The summed E-state index contributed by atoms with van der Waals surface area (Å²) < 4.78 is 3.59. The molecule has 3 aromatic rings. The molecule has 0 amide bonds. The van der Waals surface area contributed by atoms with Crippen molar-refractivity contribution in [1.29, 1.82) is 0 Å². The van der Waals surface area contributed by atoms with Crippen LogP contribution in [0.25, 0.3) is 10.1 Å². The lowest BCUT2D eigenvalue weighted by atomic mass is 10.1. The van der Waals surface area contributed by atoms with Gasteiger partial charge in [-0.25, -0.2) is 4.98 Å². The molecule has 1 aromatic carbocycles. The molecule has 0 aliphatic heterocycles. The average Bonchev–Trinajstić information content (AvgIpc) is 3.05. The molecular formula is C17H21N3S. The van der Waals surface area contributed by atoms with Crippen molar-refractivity contribution < 1.29 is 0 Å². The number of aromatic nitrogens is 2. The SMILES string of the molecule is CCCNCc1sc2ccccc2c1Cn1ccnc1C. The lowest BCUT2D eigenvalue weighted by molar-refractivity contribution is 0.672. The van der Waals surface area contributed by atoms with E-state index >= 15 is 0 Å². The topological polar surface area (TPSA) is 29.9 Å². The van der Waals surface area contributed by atoms with Crippen molar-refractivity contribution in [2.45, 2.75) is 33.4 Å². The summed E-state index contributed by atoms with van der Waals surface area (Å²) in [4.78, 5) is 5.78. The first-order valence-corrected chi connectivity index (χ1v) is 8.29. The second-order valence-electron chi connectivity index (χ2n) is 5.28. The smallest absolute Gasteiger partial charge is 0.105 e. The van der Waals surface area contributed by atoms with E-state index in [0.29, 0.717) is 0 Å². The van der Waals surface area contributed by atoms with Crippen molar-refractivity contribution in [3.05, 3.63) is 52.9 Å². The molecule has 2 aromatic heterocycles. The van der Waals surface area contributed by atoms with Gasteiger partial charge in [0.25, 0.3) is 0 Å². The van der Waals surface area contributed by atoms with Crippen molar-refractivity contribution in [3.8, 4) is 0 Å². The first-order valence-electron chi connectivity index (χ1n) is 7.47. The highest BCUT2D eigenvalue weighted by Crippen LogP contribution is 2.32. The van der Waals surface area contributed by atoms with Crippen molar-refractivity contribution >= 4 is 21.4 Å². The fraction of sp³-hybridized carbons (Fsp3) is 0.353. The van der Waals surface area contributed by atoms with Crippen LogP contribution in [-0.2, 0) is 13.1 Å². The van der Waals surface area contributed by atoms with Crippen LogP contribution < -0.4 is 5.32 Å². The van der Waals surface area contributed by atoms with Gasteiger partial charge in [0.2, 0.25) is 0 Å². The van der Waals surface area contributed by atoms with E-state index in [2.05, 4.69) is 59.2 Å². The standard InChI is InChI=1S/C17H21N3S/c1-3-8-18-11-17-15(12-20-10-9-19-13(20)2)14-6-4-5-7-16(14)21-17/h4-7,9-10,18H,3,8,11-12H2,1-2H3. The van der Waals surface area contributed by atoms with Crippen LogP contribution in [0.15, 0.2) is 36.7 Å². The summed E-state index contributed by atoms with van der Waals surface area (Å²) in [7, 11) is 0. The predicted octanol–water partition coefficient (Wildman–Crippen LogP) is 3.95. The molecule has 4 heteroatoms. The summed E-state index contributed by atoms with van der Waals surface area (Å²) in [5.74, 6) is 1.07. The Morgan fingerprint density at radius 1 is 1.29 bits per heavy atom. The number of hydrogen-bond acceptors (Lipinski definition) is 3. The zero-order valence-electron chi connectivity index (χ0n) is 12.6. The number of rotatable bonds is 6. The molecule has 0 fully saturated rings. The van der Waals surface area contributed by atoms with Gasteiger partial charge in [0, 0.05) is 28.5 Å². The lowest BCUT2D eigenvalue weighted by Gasteiger charge is -2.08. The van der Waals surface area contributed by atoms with Crippen molar-refractivity contribution in [1.82, 2.24) is 14.9 Å². The largest absolute Gasteiger partial charge is 0.331 e. The van der Waals surface area contributed by atoms with Crippen LogP contribution in [0, 0.1) is 6.92 Å². The summed E-state index contributed by atoms with van der Waals surface area (Å²) in [6, 6.07) is 8.70. The molecule has 0 aliphatic rings. The van der Waals surface area contributed by atoms with Gasteiger partial charge in [-0.05, 0) is 36.9 Å². The summed E-state index contributed by atoms with van der Waals surface area (Å²) in [6.45, 7) is 7.18. The molecule has 0 saturated carbocycles. The molecule has 110 valence electrons. The fourth-order valence-electron chi connectivity index (χ4n) is 2.59. The van der Waals surface area contributed by atoms with Gasteiger partial charge >= 0.3 is 0 Å². The van der Waals surface area contributed by atoms with Crippen molar-refractivity contribution in [3.63, 3.8) is 0 Å². The first-order chi connectivity index (χ1) is 10.3. The number of hydrogen-bond donors (Lipinski definition) is 1. The van der Waals surface area contributed by atoms with Gasteiger partial charge in [-0.15, -0.1) is 11.3 Å². The lowest BCUT2D eigenvalue weighted by Crippen LogP contribution is -2.14. The van der Waals surface area contributed by atoms with E-state index in [1.165, 1.54) is 26.9 Å². The highest BCUT2D eigenvalue weighted by atomic mass is 32.1. The maximum Gasteiger partial charge on any atom is 0.105 e. The van der Waals surface area contributed by atoms with Gasteiger partial charge < -0.3 is 9.88 Å². The third-order valence-corrected chi connectivity index (χ3v) is 4.96. The maximum atomic E-state index is 4.33. The number of thiophene rings is 1. The highest BCUT2D eigenvalue weighted by molar-refractivity contribution is 7.19. The van der Waals surface area contributed by atoms with Crippen LogP contribution in [0.1, 0.15) is 29.6 Å². The summed E-state index contributed by atoms with van der Waals surface area (Å²) >= 11 is 1.91. The number of benzene rings is 1. The van der Waals surface area contributed by atoms with Gasteiger partial charge in [-0.3, -0.25) is 0 Å². The van der Waals surface area contributed by atoms with E-state index < -0.39 is 0 Å². The Morgan fingerprint density at radius 2 is 2.14 bits per heavy atom. The minimum atomic E-state index is 0.902. The molecular weight excluding hydrogens is 278 g/mol. The van der Waals surface area contributed by atoms with E-state index in [0.717, 1.165) is 25.5 Å². The fourth-order valence-corrected chi connectivity index (χ4v) is 3.77. The summed E-state index contributed by atoms with van der Waals surface area (Å²) in [5.41, 5.74) is 1.43. The quantitative estimate of drug-likeness (QED) is 0.698. The minimum Gasteiger partial charge on any atom is -0.331 e. The predicted molar refractivity (Wildman–Crippen MR) is 89.9 cm³/mol. The molecule has 3 nitrogen and oxygen atoms in total. The molecule has 0 unspecified atom stereocenters. The highest BCUT2D eigenvalue weighted by Gasteiger charge is 2.12. The molecule has 21 heavy (non-hydrogen) atoms. The molecule has 0 saturated heterocycles. The zero-order chi connectivity index (χ0) is 14.7. The number of fused-ring (bicyclic) bond motifs is 1. The van der Waals surface area contributed by atoms with E-state index in [1.807, 2.05) is 17.5 Å². The third-order valence-electron chi connectivity index (χ3n) is 3.75. The van der Waals surface area contributed by atoms with E-state index in [1.54, 1.807) is 0 Å². The van der Waals surface area contributed by atoms with E-state index in [4.69, 9.17) is 0 Å². The average molecular weight is 299 g/mol. The van der Waals surface area contributed by atoms with E-state index in [-0.39, 0.29) is 0 Å². The summed E-state index contributed by atoms with van der Waals surface area (Å²) in [6.07, 6.45) is 5.10. The number of nitrogens with zero attached hydrogens (tertiary/aromatic N) is 2. The van der Waals surface area contributed by atoms with Crippen LogP contribution in [0.2, 0.25) is 0 Å². The van der Waals surface area contributed by atoms with E-state index in [9.17, 15) is 0 Å². The van der Waals surface area contributed by atoms with Gasteiger partial charge in [-0.2, -0.15) is 0 Å². The van der Waals surface area contributed by atoms with Gasteiger partial charge in [0.15, 0.2) is 0 Å². The molecule has 0 bridgehead atoms. The number of imidazole rings is 1. The molecule has 0 spiro atoms. The Hall–Kier alpha value is -1.65.